The second kappa shape index (κ2) is 5.70. The maximum absolute atomic E-state index is 6.11. The van der Waals surface area contributed by atoms with Gasteiger partial charge in [0.05, 0.1) is 12.2 Å². The van der Waals surface area contributed by atoms with Gasteiger partial charge >= 0.3 is 0 Å². The van der Waals surface area contributed by atoms with Crippen molar-refractivity contribution in [3.05, 3.63) is 29.8 Å². The molecule has 1 saturated carbocycles. The molecule has 1 aliphatic heterocycles. The van der Waals surface area contributed by atoms with E-state index < -0.39 is 0 Å². The molecule has 1 unspecified atom stereocenters. The highest BCUT2D eigenvalue weighted by molar-refractivity contribution is 7.80. The van der Waals surface area contributed by atoms with Crippen LogP contribution < -0.4 is 10.5 Å². The van der Waals surface area contributed by atoms with E-state index in [9.17, 15) is 0 Å². The molecule has 108 valence electrons. The lowest BCUT2D eigenvalue weighted by Gasteiger charge is -2.38. The number of benzene rings is 1. The second-order valence-corrected chi connectivity index (χ2v) is 6.30. The molecule has 1 heterocycles. The molecule has 1 atom stereocenters. The average molecular weight is 291 g/mol. The van der Waals surface area contributed by atoms with E-state index in [1.54, 1.807) is 0 Å². The van der Waals surface area contributed by atoms with Crippen molar-refractivity contribution < 1.29 is 9.47 Å². The fourth-order valence-corrected chi connectivity index (χ4v) is 3.48. The minimum Gasteiger partial charge on any atom is -0.490 e. The van der Waals surface area contributed by atoms with E-state index in [2.05, 4.69) is 0 Å². The monoisotopic (exact) mass is 291 g/mol. The minimum atomic E-state index is 0.0989. The fourth-order valence-electron chi connectivity index (χ4n) is 3.34. The molecule has 1 spiro atoms. The number of rotatable bonds is 3. The van der Waals surface area contributed by atoms with E-state index in [-0.39, 0.29) is 11.7 Å². The summed E-state index contributed by atoms with van der Waals surface area (Å²) in [7, 11) is 0. The molecule has 4 heteroatoms. The van der Waals surface area contributed by atoms with Crippen LogP contribution >= 0.6 is 12.2 Å². The van der Waals surface area contributed by atoms with Crippen LogP contribution in [0.25, 0.3) is 0 Å². The predicted octanol–water partition coefficient (Wildman–Crippen LogP) is 3.19. The Labute approximate surface area is 125 Å². The number of hydrogen-bond acceptors (Lipinski definition) is 3. The van der Waals surface area contributed by atoms with Crippen LogP contribution in [0.15, 0.2) is 24.3 Å². The standard InChI is InChI=1S/C16H21NO2S/c17-15(20)12-3-5-13(6-4-12)19-14-7-10-18-16(11-14)8-1-2-9-16/h3-6,14H,1-2,7-11H2,(H2,17,20). The Morgan fingerprint density at radius 3 is 2.60 bits per heavy atom. The Kier molecular flexibility index (Phi) is 3.94. The Bertz CT molecular complexity index is 480. The molecule has 0 amide bonds. The van der Waals surface area contributed by atoms with E-state index in [4.69, 9.17) is 27.4 Å². The quantitative estimate of drug-likeness (QED) is 0.869. The molecule has 1 saturated heterocycles. The molecule has 0 bridgehead atoms. The molecule has 0 aromatic heterocycles. The molecule has 1 aromatic rings. The summed E-state index contributed by atoms with van der Waals surface area (Å²) in [6.45, 7) is 0.815. The largest absolute Gasteiger partial charge is 0.490 e. The third-order valence-corrected chi connectivity index (χ3v) is 4.64. The number of nitrogens with two attached hydrogens (primary N) is 1. The highest BCUT2D eigenvalue weighted by atomic mass is 32.1. The summed E-state index contributed by atoms with van der Waals surface area (Å²) in [5, 5.41) is 0. The zero-order chi connectivity index (χ0) is 14.0. The van der Waals surface area contributed by atoms with Crippen LogP contribution in [0.5, 0.6) is 5.75 Å². The summed E-state index contributed by atoms with van der Waals surface area (Å²) in [6, 6.07) is 7.74. The normalized spacial score (nSPS) is 24.7. The Morgan fingerprint density at radius 2 is 1.95 bits per heavy atom. The molecule has 3 nitrogen and oxygen atoms in total. The summed E-state index contributed by atoms with van der Waals surface area (Å²) in [4.78, 5) is 0.424. The molecule has 2 fully saturated rings. The number of hydrogen-bond donors (Lipinski definition) is 1. The maximum Gasteiger partial charge on any atom is 0.119 e. The molecular weight excluding hydrogens is 270 g/mol. The zero-order valence-electron chi connectivity index (χ0n) is 11.6. The third-order valence-electron chi connectivity index (χ3n) is 4.40. The van der Waals surface area contributed by atoms with Gasteiger partial charge in [-0.2, -0.15) is 0 Å². The van der Waals surface area contributed by atoms with Crippen molar-refractivity contribution in [2.45, 2.75) is 50.2 Å². The molecule has 20 heavy (non-hydrogen) atoms. The topological polar surface area (TPSA) is 44.5 Å². The smallest absolute Gasteiger partial charge is 0.119 e. The fraction of sp³-hybridized carbons (Fsp3) is 0.562. The Hall–Kier alpha value is -1.13. The van der Waals surface area contributed by atoms with Crippen molar-refractivity contribution >= 4 is 17.2 Å². The van der Waals surface area contributed by atoms with Crippen LogP contribution in [0.1, 0.15) is 44.1 Å². The zero-order valence-corrected chi connectivity index (χ0v) is 12.5. The summed E-state index contributed by atoms with van der Waals surface area (Å²) in [6.07, 6.45) is 7.20. The van der Waals surface area contributed by atoms with Crippen LogP contribution in [0.4, 0.5) is 0 Å². The van der Waals surface area contributed by atoms with Gasteiger partial charge in [0.25, 0.3) is 0 Å². The van der Waals surface area contributed by atoms with Crippen LogP contribution in [-0.4, -0.2) is 23.3 Å². The first kappa shape index (κ1) is 13.8. The van der Waals surface area contributed by atoms with Crippen molar-refractivity contribution in [1.29, 1.82) is 0 Å². The van der Waals surface area contributed by atoms with E-state index >= 15 is 0 Å². The highest BCUT2D eigenvalue weighted by Gasteiger charge is 2.40. The van der Waals surface area contributed by atoms with E-state index in [0.29, 0.717) is 4.99 Å². The molecule has 2 N–H and O–H groups in total. The molecular formula is C16H21NO2S. The van der Waals surface area contributed by atoms with Gasteiger partial charge in [-0.25, -0.2) is 0 Å². The number of ether oxygens (including phenoxy) is 2. The lowest BCUT2D eigenvalue weighted by molar-refractivity contribution is -0.108. The van der Waals surface area contributed by atoms with Gasteiger partial charge in [0.15, 0.2) is 0 Å². The molecule has 1 aromatic carbocycles. The predicted molar refractivity (Wildman–Crippen MR) is 83.1 cm³/mol. The first-order valence-electron chi connectivity index (χ1n) is 7.37. The van der Waals surface area contributed by atoms with Crippen molar-refractivity contribution in [2.75, 3.05) is 6.61 Å². The summed E-state index contributed by atoms with van der Waals surface area (Å²) >= 11 is 4.96. The summed E-state index contributed by atoms with van der Waals surface area (Å²) < 4.78 is 12.1. The SMILES string of the molecule is NC(=S)c1ccc(OC2CCOC3(CCCC3)C2)cc1. The second-order valence-electron chi connectivity index (χ2n) is 5.86. The minimum absolute atomic E-state index is 0.0989. The average Bonchev–Trinajstić information content (AvgIpc) is 2.87. The summed E-state index contributed by atoms with van der Waals surface area (Å²) in [5.41, 5.74) is 6.58. The first-order valence-corrected chi connectivity index (χ1v) is 7.78. The van der Waals surface area contributed by atoms with Crippen molar-refractivity contribution in [3.8, 4) is 5.75 Å². The molecule has 0 radical (unpaired) electrons. The Morgan fingerprint density at radius 1 is 1.25 bits per heavy atom. The van der Waals surface area contributed by atoms with Crippen molar-refractivity contribution in [2.24, 2.45) is 5.73 Å². The van der Waals surface area contributed by atoms with Crippen LogP contribution in [0, 0.1) is 0 Å². The Balaban J connectivity index is 1.63. The molecule has 2 aliphatic rings. The first-order chi connectivity index (χ1) is 9.67. The van der Waals surface area contributed by atoms with Crippen LogP contribution in [-0.2, 0) is 4.74 Å². The van der Waals surface area contributed by atoms with E-state index in [1.165, 1.54) is 25.7 Å². The van der Waals surface area contributed by atoms with Gasteiger partial charge < -0.3 is 15.2 Å². The lowest BCUT2D eigenvalue weighted by atomic mass is 9.90. The number of thiocarbonyl (C=S) groups is 1. The highest BCUT2D eigenvalue weighted by Crippen LogP contribution is 2.40. The van der Waals surface area contributed by atoms with Gasteiger partial charge in [-0.15, -0.1) is 0 Å². The lowest BCUT2D eigenvalue weighted by Crippen LogP contribution is -2.41. The van der Waals surface area contributed by atoms with E-state index in [1.807, 2.05) is 24.3 Å². The van der Waals surface area contributed by atoms with Crippen molar-refractivity contribution in [1.82, 2.24) is 0 Å². The van der Waals surface area contributed by atoms with Gasteiger partial charge in [-0.05, 0) is 37.1 Å². The van der Waals surface area contributed by atoms with Gasteiger partial charge in [0.2, 0.25) is 0 Å². The van der Waals surface area contributed by atoms with Gasteiger partial charge in [-0.1, -0.05) is 25.1 Å². The van der Waals surface area contributed by atoms with E-state index in [0.717, 1.165) is 30.8 Å². The third kappa shape index (κ3) is 2.96. The maximum atomic E-state index is 6.11. The van der Waals surface area contributed by atoms with Crippen LogP contribution in [0.2, 0.25) is 0 Å². The molecule has 3 rings (SSSR count). The van der Waals surface area contributed by atoms with Gasteiger partial charge in [-0.3, -0.25) is 0 Å². The van der Waals surface area contributed by atoms with Gasteiger partial charge in [0, 0.05) is 18.4 Å². The van der Waals surface area contributed by atoms with Gasteiger partial charge in [0.1, 0.15) is 16.8 Å². The molecule has 1 aliphatic carbocycles. The van der Waals surface area contributed by atoms with Crippen molar-refractivity contribution in [3.63, 3.8) is 0 Å². The van der Waals surface area contributed by atoms with Crippen LogP contribution in [0.3, 0.4) is 0 Å². The summed E-state index contributed by atoms with van der Waals surface area (Å²) in [5.74, 6) is 0.894.